The van der Waals surface area contributed by atoms with Gasteiger partial charge in [-0.2, -0.15) is 0 Å². The first-order valence-corrected chi connectivity index (χ1v) is 9.58. The summed E-state index contributed by atoms with van der Waals surface area (Å²) in [4.78, 5) is 31.2. The van der Waals surface area contributed by atoms with Gasteiger partial charge in [0, 0.05) is 22.3 Å². The Morgan fingerprint density at radius 1 is 0.750 bits per heavy atom. The molecule has 0 aromatic heterocycles. The molecular weight excluding hydrogens is 366 g/mol. The quantitative estimate of drug-likeness (QED) is 0.297. The van der Waals surface area contributed by atoms with Gasteiger partial charge in [-0.25, -0.2) is 4.99 Å². The minimum Gasteiger partial charge on any atom is -0.293 e. The van der Waals surface area contributed by atoms with Crippen molar-refractivity contribution in [2.45, 2.75) is 16.7 Å². The monoisotopic (exact) mass is 385 g/mol. The molecule has 0 radical (unpaired) electrons. The molecule has 0 spiro atoms. The summed E-state index contributed by atoms with van der Waals surface area (Å²) in [6.07, 6.45) is 0. The molecule has 0 bridgehead atoms. The molecule has 0 atom stereocenters. The largest absolute Gasteiger partial charge is 0.293 e. The topological polar surface area (TPSA) is 46.5 Å². The second-order valence-corrected chi connectivity index (χ2v) is 7.24. The van der Waals surface area contributed by atoms with Gasteiger partial charge in [-0.05, 0) is 42.0 Å². The maximum absolute atomic E-state index is 12.8. The fourth-order valence-electron chi connectivity index (χ4n) is 2.56. The van der Waals surface area contributed by atoms with Crippen LogP contribution < -0.4 is 0 Å². The number of hydrogen-bond donors (Lipinski definition) is 0. The third-order valence-electron chi connectivity index (χ3n) is 4.00. The van der Waals surface area contributed by atoms with E-state index in [1.807, 2.05) is 72.8 Å². The standard InChI is InChI=1S/C24H19NO2S/c1-17(19-9-5-3-6-10-19)25-23(18(2)26)24(27)20-13-15-22(16-14-20)28-21-11-7-4-8-12-21/h3-16H,1H2,2H3. The van der Waals surface area contributed by atoms with Crippen LogP contribution in [0.3, 0.4) is 0 Å². The molecule has 0 N–H and O–H groups in total. The lowest BCUT2D eigenvalue weighted by molar-refractivity contribution is -0.110. The highest BCUT2D eigenvalue weighted by atomic mass is 32.2. The first kappa shape index (κ1) is 19.5. The molecule has 3 aromatic rings. The van der Waals surface area contributed by atoms with Gasteiger partial charge in [0.25, 0.3) is 0 Å². The summed E-state index contributed by atoms with van der Waals surface area (Å²) in [5.41, 5.74) is 1.46. The van der Waals surface area contributed by atoms with E-state index in [4.69, 9.17) is 0 Å². The van der Waals surface area contributed by atoms with E-state index in [0.29, 0.717) is 11.3 Å². The van der Waals surface area contributed by atoms with E-state index < -0.39 is 5.78 Å². The fraction of sp³-hybridized carbons (Fsp3) is 0.0417. The molecule has 28 heavy (non-hydrogen) atoms. The van der Waals surface area contributed by atoms with E-state index in [0.717, 1.165) is 15.4 Å². The molecule has 0 unspecified atom stereocenters. The number of aliphatic imine (C=N–C) groups is 1. The summed E-state index contributed by atoms with van der Waals surface area (Å²) in [5.74, 6) is -0.786. The molecule has 0 aliphatic heterocycles. The van der Waals surface area contributed by atoms with Crippen molar-refractivity contribution in [2.75, 3.05) is 0 Å². The Bertz CT molecular complexity index is 1020. The summed E-state index contributed by atoms with van der Waals surface area (Å²) >= 11 is 1.61. The summed E-state index contributed by atoms with van der Waals surface area (Å²) in [6.45, 7) is 5.23. The summed E-state index contributed by atoms with van der Waals surface area (Å²) in [6, 6.07) is 26.4. The van der Waals surface area contributed by atoms with Gasteiger partial charge in [-0.15, -0.1) is 0 Å². The highest BCUT2D eigenvalue weighted by Gasteiger charge is 2.19. The molecule has 0 fully saturated rings. The lowest BCUT2D eigenvalue weighted by Gasteiger charge is -2.06. The van der Waals surface area contributed by atoms with Gasteiger partial charge < -0.3 is 0 Å². The highest BCUT2D eigenvalue weighted by molar-refractivity contribution is 7.99. The van der Waals surface area contributed by atoms with Crippen LogP contribution in [-0.4, -0.2) is 17.3 Å². The van der Waals surface area contributed by atoms with Gasteiger partial charge >= 0.3 is 0 Å². The van der Waals surface area contributed by atoms with Crippen LogP contribution in [0.1, 0.15) is 22.8 Å². The number of hydrogen-bond acceptors (Lipinski definition) is 4. The molecule has 0 saturated heterocycles. The summed E-state index contributed by atoms with van der Waals surface area (Å²) in [7, 11) is 0. The van der Waals surface area contributed by atoms with Crippen LogP contribution in [0.25, 0.3) is 5.70 Å². The Hall–Kier alpha value is -3.24. The Morgan fingerprint density at radius 3 is 1.86 bits per heavy atom. The SMILES string of the molecule is C=C(N=C(C(C)=O)C(=O)c1ccc(Sc2ccccc2)cc1)c1ccccc1. The Morgan fingerprint density at radius 2 is 1.29 bits per heavy atom. The maximum Gasteiger partial charge on any atom is 0.215 e. The lowest BCUT2D eigenvalue weighted by atomic mass is 10.0. The highest BCUT2D eigenvalue weighted by Crippen LogP contribution is 2.27. The smallest absolute Gasteiger partial charge is 0.215 e. The minimum absolute atomic E-state index is 0.114. The van der Waals surface area contributed by atoms with Gasteiger partial charge in [-0.1, -0.05) is 66.9 Å². The van der Waals surface area contributed by atoms with Crippen LogP contribution in [0.5, 0.6) is 0 Å². The first-order valence-electron chi connectivity index (χ1n) is 8.76. The number of benzene rings is 3. The fourth-order valence-corrected chi connectivity index (χ4v) is 3.39. The molecule has 0 aliphatic carbocycles. The zero-order valence-corrected chi connectivity index (χ0v) is 16.3. The van der Waals surface area contributed by atoms with Crippen molar-refractivity contribution in [3.8, 4) is 0 Å². The summed E-state index contributed by atoms with van der Waals surface area (Å²) in [5, 5.41) is 0. The van der Waals surface area contributed by atoms with E-state index in [1.54, 1.807) is 23.9 Å². The van der Waals surface area contributed by atoms with Crippen molar-refractivity contribution in [1.82, 2.24) is 0 Å². The van der Waals surface area contributed by atoms with Gasteiger partial charge in [-0.3, -0.25) is 9.59 Å². The van der Waals surface area contributed by atoms with Gasteiger partial charge in [0.1, 0.15) is 0 Å². The molecule has 3 aromatic carbocycles. The van der Waals surface area contributed by atoms with E-state index in [9.17, 15) is 9.59 Å². The first-order chi connectivity index (χ1) is 13.5. The normalized spacial score (nSPS) is 11.1. The van der Waals surface area contributed by atoms with Gasteiger partial charge in [0.2, 0.25) is 5.78 Å². The van der Waals surface area contributed by atoms with E-state index in [1.165, 1.54) is 6.92 Å². The van der Waals surface area contributed by atoms with E-state index in [2.05, 4.69) is 11.6 Å². The minimum atomic E-state index is -0.402. The predicted octanol–water partition coefficient (Wildman–Crippen LogP) is 5.72. The van der Waals surface area contributed by atoms with E-state index in [-0.39, 0.29) is 11.5 Å². The van der Waals surface area contributed by atoms with Crippen molar-refractivity contribution < 1.29 is 9.59 Å². The number of rotatable bonds is 7. The third kappa shape index (κ3) is 4.93. The Labute approximate surface area is 168 Å². The van der Waals surface area contributed by atoms with E-state index >= 15 is 0 Å². The number of ketones is 2. The average molecular weight is 385 g/mol. The number of Topliss-reactive ketones (excluding diaryl/α,β-unsaturated/α-hetero) is 2. The maximum atomic E-state index is 12.8. The number of carbonyl (C=O) groups excluding carboxylic acids is 2. The average Bonchev–Trinajstić information content (AvgIpc) is 2.73. The van der Waals surface area contributed by atoms with Crippen molar-refractivity contribution in [3.05, 3.63) is 103 Å². The van der Waals surface area contributed by atoms with Gasteiger partial charge in [0.05, 0.1) is 5.70 Å². The third-order valence-corrected chi connectivity index (χ3v) is 5.01. The predicted molar refractivity (Wildman–Crippen MR) is 115 cm³/mol. The number of carbonyl (C=O) groups is 2. The molecule has 0 heterocycles. The molecule has 3 rings (SSSR count). The Kier molecular flexibility index (Phi) is 6.35. The molecule has 0 saturated carbocycles. The van der Waals surface area contributed by atoms with Crippen LogP contribution in [0.4, 0.5) is 0 Å². The number of nitrogens with zero attached hydrogens (tertiary/aromatic N) is 1. The molecule has 0 aliphatic rings. The summed E-state index contributed by atoms with van der Waals surface area (Å²) < 4.78 is 0. The molecule has 0 amide bonds. The van der Waals surface area contributed by atoms with Crippen molar-refractivity contribution >= 4 is 34.7 Å². The lowest BCUT2D eigenvalue weighted by Crippen LogP contribution is -2.22. The van der Waals surface area contributed by atoms with Crippen molar-refractivity contribution in [3.63, 3.8) is 0 Å². The second kappa shape index (κ2) is 9.11. The second-order valence-electron chi connectivity index (χ2n) is 6.10. The molecule has 3 nitrogen and oxygen atoms in total. The van der Waals surface area contributed by atoms with Crippen LogP contribution in [0.2, 0.25) is 0 Å². The molecular formula is C24H19NO2S. The zero-order valence-electron chi connectivity index (χ0n) is 15.5. The van der Waals surface area contributed by atoms with Crippen molar-refractivity contribution in [1.29, 1.82) is 0 Å². The van der Waals surface area contributed by atoms with Crippen LogP contribution in [0.15, 0.2) is 106 Å². The molecule has 4 heteroatoms. The van der Waals surface area contributed by atoms with Crippen LogP contribution >= 0.6 is 11.8 Å². The van der Waals surface area contributed by atoms with Crippen molar-refractivity contribution in [2.24, 2.45) is 4.99 Å². The van der Waals surface area contributed by atoms with Gasteiger partial charge in [0.15, 0.2) is 11.5 Å². The zero-order chi connectivity index (χ0) is 19.9. The van der Waals surface area contributed by atoms with Crippen LogP contribution in [-0.2, 0) is 4.79 Å². The Balaban J connectivity index is 1.81. The van der Waals surface area contributed by atoms with Crippen LogP contribution in [0, 0.1) is 0 Å². The molecule has 138 valence electrons.